The summed E-state index contributed by atoms with van der Waals surface area (Å²) in [5, 5.41) is 2.28. The fraction of sp³-hybridized carbons (Fsp3) is 0.220. The van der Waals surface area contributed by atoms with E-state index in [1.54, 1.807) is 0 Å². The molecule has 0 bridgehead atoms. The van der Waals surface area contributed by atoms with E-state index in [1.807, 2.05) is 61.0 Å². The number of rotatable bonds is 10. The number of hydrogen-bond acceptors (Lipinski definition) is 4. The lowest BCUT2D eigenvalue weighted by Crippen LogP contribution is -1.99. The van der Waals surface area contributed by atoms with Crippen LogP contribution in [0.5, 0.6) is 0 Å². The topological polar surface area (TPSA) is 50.5 Å². The molecule has 0 unspecified atom stereocenters. The molecule has 0 radical (unpaired) electrons. The standard InChI is InChI=1S/C41H40N4/c1-5-30-22-28(23-31(6-2)40(30)42-26-36-19-17-34-13-9-11-15-38(34)44-36)21-29-24-32(7-3)41(33(8-4)25-29)43-27-37-20-18-35-14-10-12-16-39(35)45-37/h9-20,22-27H,5-8,21H2,1-4H3. The van der Waals surface area contributed by atoms with Gasteiger partial charge >= 0.3 is 0 Å². The van der Waals surface area contributed by atoms with Crippen molar-refractivity contribution in [2.24, 2.45) is 9.98 Å². The summed E-state index contributed by atoms with van der Waals surface area (Å²) in [7, 11) is 0. The summed E-state index contributed by atoms with van der Waals surface area (Å²) < 4.78 is 0. The zero-order valence-electron chi connectivity index (χ0n) is 26.7. The van der Waals surface area contributed by atoms with Crippen molar-refractivity contribution in [3.05, 3.63) is 142 Å². The lowest BCUT2D eigenvalue weighted by atomic mass is 9.92. The van der Waals surface area contributed by atoms with Crippen LogP contribution in [0.2, 0.25) is 0 Å². The van der Waals surface area contributed by atoms with Gasteiger partial charge in [0.25, 0.3) is 0 Å². The van der Waals surface area contributed by atoms with Crippen molar-refractivity contribution in [3.63, 3.8) is 0 Å². The monoisotopic (exact) mass is 588 g/mol. The van der Waals surface area contributed by atoms with E-state index in [-0.39, 0.29) is 0 Å². The minimum atomic E-state index is 0.875. The van der Waals surface area contributed by atoms with Crippen LogP contribution in [0.3, 0.4) is 0 Å². The third kappa shape index (κ3) is 6.76. The van der Waals surface area contributed by atoms with Crippen molar-refractivity contribution < 1.29 is 0 Å². The molecular formula is C41H40N4. The molecule has 6 aromatic rings. The second-order valence-electron chi connectivity index (χ2n) is 11.5. The number of benzene rings is 4. The van der Waals surface area contributed by atoms with Gasteiger partial charge in [-0.25, -0.2) is 9.97 Å². The van der Waals surface area contributed by atoms with Gasteiger partial charge in [-0.15, -0.1) is 0 Å². The van der Waals surface area contributed by atoms with Crippen molar-refractivity contribution in [2.45, 2.75) is 59.8 Å². The Hall–Kier alpha value is -4.96. The number of fused-ring (bicyclic) bond motifs is 2. The van der Waals surface area contributed by atoms with Crippen LogP contribution in [0.15, 0.2) is 107 Å². The molecule has 0 N–H and O–H groups in total. The number of hydrogen-bond donors (Lipinski definition) is 0. The Morgan fingerprint density at radius 1 is 0.489 bits per heavy atom. The molecule has 0 fully saturated rings. The summed E-state index contributed by atoms with van der Waals surface area (Å²) in [6.07, 6.45) is 8.41. The number of pyridine rings is 2. The second-order valence-corrected chi connectivity index (χ2v) is 11.5. The summed E-state index contributed by atoms with van der Waals surface area (Å²) in [4.78, 5) is 19.6. The molecule has 4 nitrogen and oxygen atoms in total. The smallest absolute Gasteiger partial charge is 0.0820 e. The van der Waals surface area contributed by atoms with Gasteiger partial charge in [0.05, 0.1) is 46.2 Å². The maximum Gasteiger partial charge on any atom is 0.0820 e. The highest BCUT2D eigenvalue weighted by Crippen LogP contribution is 2.32. The number of para-hydroxylation sites is 2. The highest BCUT2D eigenvalue weighted by atomic mass is 14.8. The van der Waals surface area contributed by atoms with Gasteiger partial charge < -0.3 is 0 Å². The summed E-state index contributed by atoms with van der Waals surface area (Å²) in [5.41, 5.74) is 13.6. The van der Waals surface area contributed by atoms with E-state index in [2.05, 4.69) is 76.2 Å². The Kier molecular flexibility index (Phi) is 9.21. The van der Waals surface area contributed by atoms with Gasteiger partial charge in [-0.3, -0.25) is 9.98 Å². The van der Waals surface area contributed by atoms with E-state index >= 15 is 0 Å². The molecule has 2 aromatic heterocycles. The lowest BCUT2D eigenvalue weighted by molar-refractivity contribution is 1.03. The zero-order valence-corrected chi connectivity index (χ0v) is 26.7. The molecule has 2 heterocycles. The molecule has 0 aliphatic heterocycles. The molecule has 45 heavy (non-hydrogen) atoms. The molecule has 0 saturated carbocycles. The van der Waals surface area contributed by atoms with E-state index in [0.29, 0.717) is 0 Å². The quantitative estimate of drug-likeness (QED) is 0.150. The first-order chi connectivity index (χ1) is 22.1. The van der Waals surface area contributed by atoms with Crippen molar-refractivity contribution in [2.75, 3.05) is 0 Å². The predicted octanol–water partition coefficient (Wildman–Crippen LogP) is 10.1. The van der Waals surface area contributed by atoms with Gasteiger partial charge in [0.1, 0.15) is 0 Å². The van der Waals surface area contributed by atoms with E-state index < -0.39 is 0 Å². The number of aliphatic imine (C=N–C) groups is 2. The van der Waals surface area contributed by atoms with Gasteiger partial charge in [0.15, 0.2) is 0 Å². The molecule has 0 atom stereocenters. The highest BCUT2D eigenvalue weighted by molar-refractivity contribution is 5.87. The zero-order chi connectivity index (χ0) is 31.2. The van der Waals surface area contributed by atoms with Crippen molar-refractivity contribution >= 4 is 45.6 Å². The Balaban J connectivity index is 1.28. The summed E-state index contributed by atoms with van der Waals surface area (Å²) in [6, 6.07) is 34.1. The molecular weight excluding hydrogens is 548 g/mol. The Labute approximate surface area is 266 Å². The first-order valence-corrected chi connectivity index (χ1v) is 16.2. The first kappa shape index (κ1) is 30.1. The average molecular weight is 589 g/mol. The van der Waals surface area contributed by atoms with Crippen molar-refractivity contribution in [1.29, 1.82) is 0 Å². The van der Waals surface area contributed by atoms with Gasteiger partial charge in [0.2, 0.25) is 0 Å². The number of aromatic nitrogens is 2. The molecule has 4 aromatic carbocycles. The van der Waals surface area contributed by atoms with Gasteiger partial charge in [0, 0.05) is 10.8 Å². The van der Waals surface area contributed by atoms with Crippen molar-refractivity contribution in [3.8, 4) is 0 Å². The van der Waals surface area contributed by atoms with Crippen LogP contribution in [-0.2, 0) is 32.1 Å². The minimum Gasteiger partial charge on any atom is -0.254 e. The molecule has 224 valence electrons. The van der Waals surface area contributed by atoms with Crippen LogP contribution in [0.25, 0.3) is 21.8 Å². The maximum absolute atomic E-state index is 4.99. The molecule has 0 spiro atoms. The lowest BCUT2D eigenvalue weighted by Gasteiger charge is -2.15. The largest absolute Gasteiger partial charge is 0.254 e. The first-order valence-electron chi connectivity index (χ1n) is 16.2. The summed E-state index contributed by atoms with van der Waals surface area (Å²) in [5.74, 6) is 0. The van der Waals surface area contributed by atoms with Crippen molar-refractivity contribution in [1.82, 2.24) is 9.97 Å². The predicted molar refractivity (Wildman–Crippen MR) is 191 cm³/mol. The maximum atomic E-state index is 4.99. The fourth-order valence-corrected chi connectivity index (χ4v) is 6.08. The molecule has 0 saturated heterocycles. The third-order valence-electron chi connectivity index (χ3n) is 8.48. The molecule has 0 amide bonds. The number of nitrogens with zero attached hydrogens (tertiary/aromatic N) is 4. The van der Waals surface area contributed by atoms with Crippen LogP contribution >= 0.6 is 0 Å². The Morgan fingerprint density at radius 2 is 0.867 bits per heavy atom. The third-order valence-corrected chi connectivity index (χ3v) is 8.48. The van der Waals surface area contributed by atoms with Crippen LogP contribution in [0.1, 0.15) is 72.5 Å². The van der Waals surface area contributed by atoms with Gasteiger partial charge in [-0.2, -0.15) is 0 Å². The highest BCUT2D eigenvalue weighted by Gasteiger charge is 2.13. The average Bonchev–Trinajstić information content (AvgIpc) is 3.09. The van der Waals surface area contributed by atoms with E-state index in [4.69, 9.17) is 20.0 Å². The minimum absolute atomic E-state index is 0.875. The fourth-order valence-electron chi connectivity index (χ4n) is 6.08. The molecule has 6 rings (SSSR count). The van der Waals surface area contributed by atoms with Gasteiger partial charge in [-0.05, 0) is 89.8 Å². The SMILES string of the molecule is CCc1cc(Cc2cc(CC)c(N=Cc3ccc4ccccc4n3)c(CC)c2)cc(CC)c1N=Cc1ccc2ccccc2n1. The Bertz CT molecular complexity index is 1840. The summed E-state index contributed by atoms with van der Waals surface area (Å²) in [6.45, 7) is 8.86. The number of aryl methyl sites for hydroxylation is 4. The van der Waals surface area contributed by atoms with Crippen LogP contribution in [0, 0.1) is 0 Å². The molecule has 4 heteroatoms. The van der Waals surface area contributed by atoms with Crippen LogP contribution < -0.4 is 0 Å². The Morgan fingerprint density at radius 3 is 1.24 bits per heavy atom. The normalized spacial score (nSPS) is 11.8. The van der Waals surface area contributed by atoms with E-state index in [0.717, 1.165) is 76.7 Å². The van der Waals surface area contributed by atoms with E-state index in [1.165, 1.54) is 33.4 Å². The van der Waals surface area contributed by atoms with Crippen LogP contribution in [-0.4, -0.2) is 22.4 Å². The molecule has 0 aliphatic rings. The van der Waals surface area contributed by atoms with Crippen LogP contribution in [0.4, 0.5) is 11.4 Å². The van der Waals surface area contributed by atoms with Gasteiger partial charge in [-0.1, -0.05) is 100 Å². The second kappa shape index (κ2) is 13.8. The van der Waals surface area contributed by atoms with E-state index in [9.17, 15) is 0 Å². The molecule has 0 aliphatic carbocycles. The summed E-state index contributed by atoms with van der Waals surface area (Å²) >= 11 is 0.